The molecule has 0 radical (unpaired) electrons. The van der Waals surface area contributed by atoms with Gasteiger partial charge in [0.2, 0.25) is 5.95 Å². The van der Waals surface area contributed by atoms with Crippen LogP contribution in [0.3, 0.4) is 0 Å². The Morgan fingerprint density at radius 2 is 1.94 bits per heavy atom. The molecule has 0 saturated heterocycles. The molecule has 16 heavy (non-hydrogen) atoms. The predicted octanol–water partition coefficient (Wildman–Crippen LogP) is 1.83. The van der Waals surface area contributed by atoms with Crippen molar-refractivity contribution < 1.29 is 0 Å². The number of anilines is 1. The number of rotatable bonds is 6. The summed E-state index contributed by atoms with van der Waals surface area (Å²) in [5, 5.41) is 3.20. The highest BCUT2D eigenvalue weighted by molar-refractivity contribution is 5.25. The molecule has 0 aliphatic heterocycles. The van der Waals surface area contributed by atoms with Crippen LogP contribution in [-0.4, -0.2) is 23.1 Å². The Labute approximate surface area is 97.7 Å². The van der Waals surface area contributed by atoms with Crippen LogP contribution in [0.1, 0.15) is 32.8 Å². The highest BCUT2D eigenvalue weighted by atomic mass is 15.1. The van der Waals surface area contributed by atoms with Crippen LogP contribution in [0.5, 0.6) is 0 Å². The second kappa shape index (κ2) is 5.80. The summed E-state index contributed by atoms with van der Waals surface area (Å²) in [6.45, 7) is 7.82. The van der Waals surface area contributed by atoms with Crippen molar-refractivity contribution >= 4 is 5.95 Å². The van der Waals surface area contributed by atoms with E-state index >= 15 is 0 Å². The maximum atomic E-state index is 5.65. The fraction of sp³-hybridized carbons (Fsp3) is 0.667. The summed E-state index contributed by atoms with van der Waals surface area (Å²) in [5.41, 5.74) is 6.91. The van der Waals surface area contributed by atoms with E-state index in [2.05, 4.69) is 36.1 Å². The van der Waals surface area contributed by atoms with Crippen LogP contribution in [0, 0.1) is 5.41 Å². The first-order chi connectivity index (χ1) is 7.57. The molecule has 0 aliphatic carbocycles. The SMILES string of the molecule is CCCc1cnc(NCC(C)(C)CN)nc1. The van der Waals surface area contributed by atoms with E-state index in [0.29, 0.717) is 12.5 Å². The Morgan fingerprint density at radius 3 is 2.44 bits per heavy atom. The van der Waals surface area contributed by atoms with Crippen molar-refractivity contribution in [1.82, 2.24) is 9.97 Å². The Bertz CT molecular complexity index is 305. The summed E-state index contributed by atoms with van der Waals surface area (Å²) in [7, 11) is 0. The van der Waals surface area contributed by atoms with Crippen LogP contribution in [0.15, 0.2) is 12.4 Å². The summed E-state index contributed by atoms with van der Waals surface area (Å²) >= 11 is 0. The molecule has 0 spiro atoms. The minimum absolute atomic E-state index is 0.0749. The molecule has 4 heteroatoms. The van der Waals surface area contributed by atoms with E-state index in [4.69, 9.17) is 5.73 Å². The summed E-state index contributed by atoms with van der Waals surface area (Å²) in [6, 6.07) is 0. The summed E-state index contributed by atoms with van der Waals surface area (Å²) < 4.78 is 0. The highest BCUT2D eigenvalue weighted by Crippen LogP contribution is 2.12. The lowest BCUT2D eigenvalue weighted by molar-refractivity contribution is 0.404. The molecule has 0 bridgehead atoms. The molecule has 0 saturated carbocycles. The van der Waals surface area contributed by atoms with Crippen LogP contribution in [0.25, 0.3) is 0 Å². The van der Waals surface area contributed by atoms with Crippen LogP contribution in [-0.2, 0) is 6.42 Å². The molecule has 1 aromatic rings. The van der Waals surface area contributed by atoms with Gasteiger partial charge < -0.3 is 11.1 Å². The molecule has 0 atom stereocenters. The molecular formula is C12H22N4. The summed E-state index contributed by atoms with van der Waals surface area (Å²) in [5.74, 6) is 0.682. The molecule has 1 rings (SSSR count). The Morgan fingerprint density at radius 1 is 1.31 bits per heavy atom. The van der Waals surface area contributed by atoms with E-state index in [9.17, 15) is 0 Å². The number of hydrogen-bond donors (Lipinski definition) is 2. The molecule has 4 nitrogen and oxygen atoms in total. The van der Waals surface area contributed by atoms with Crippen molar-refractivity contribution in [3.05, 3.63) is 18.0 Å². The van der Waals surface area contributed by atoms with E-state index < -0.39 is 0 Å². The second-order valence-electron chi connectivity index (χ2n) is 4.89. The molecule has 0 aliphatic rings. The smallest absolute Gasteiger partial charge is 0.222 e. The molecule has 3 N–H and O–H groups in total. The fourth-order valence-electron chi connectivity index (χ4n) is 1.25. The molecule has 0 aromatic carbocycles. The van der Waals surface area contributed by atoms with E-state index in [1.165, 1.54) is 5.56 Å². The molecule has 0 unspecified atom stereocenters. The number of aryl methyl sites for hydroxylation is 1. The largest absolute Gasteiger partial charge is 0.354 e. The average Bonchev–Trinajstić information content (AvgIpc) is 2.29. The van der Waals surface area contributed by atoms with E-state index in [0.717, 1.165) is 19.4 Å². The predicted molar refractivity (Wildman–Crippen MR) is 67.4 cm³/mol. The van der Waals surface area contributed by atoms with Gasteiger partial charge in [-0.2, -0.15) is 0 Å². The van der Waals surface area contributed by atoms with E-state index in [1.54, 1.807) is 0 Å². The van der Waals surface area contributed by atoms with Crippen molar-refractivity contribution in [3.63, 3.8) is 0 Å². The van der Waals surface area contributed by atoms with Gasteiger partial charge in [-0.3, -0.25) is 0 Å². The third kappa shape index (κ3) is 4.14. The zero-order chi connectivity index (χ0) is 12.0. The monoisotopic (exact) mass is 222 g/mol. The molecule has 1 aromatic heterocycles. The number of aromatic nitrogens is 2. The van der Waals surface area contributed by atoms with Crippen LogP contribution < -0.4 is 11.1 Å². The average molecular weight is 222 g/mol. The Hall–Kier alpha value is -1.16. The van der Waals surface area contributed by atoms with Gasteiger partial charge in [-0.05, 0) is 23.9 Å². The normalized spacial score (nSPS) is 11.5. The maximum Gasteiger partial charge on any atom is 0.222 e. The molecule has 90 valence electrons. The zero-order valence-corrected chi connectivity index (χ0v) is 10.5. The first-order valence-electron chi connectivity index (χ1n) is 5.82. The lowest BCUT2D eigenvalue weighted by atomic mass is 9.94. The topological polar surface area (TPSA) is 63.8 Å². The van der Waals surface area contributed by atoms with Gasteiger partial charge in [0.1, 0.15) is 0 Å². The number of hydrogen-bond acceptors (Lipinski definition) is 4. The van der Waals surface area contributed by atoms with Gasteiger partial charge in [-0.25, -0.2) is 9.97 Å². The standard InChI is InChI=1S/C12H22N4/c1-4-5-10-6-14-11(15-7-10)16-9-12(2,3)8-13/h6-7H,4-5,8-9,13H2,1-3H3,(H,14,15,16). The van der Waals surface area contributed by atoms with Gasteiger partial charge >= 0.3 is 0 Å². The third-order valence-electron chi connectivity index (χ3n) is 2.52. The number of nitrogens with two attached hydrogens (primary N) is 1. The molecule has 0 fully saturated rings. The minimum Gasteiger partial charge on any atom is -0.354 e. The van der Waals surface area contributed by atoms with Crippen LogP contribution >= 0.6 is 0 Å². The van der Waals surface area contributed by atoms with Gasteiger partial charge in [0, 0.05) is 18.9 Å². The van der Waals surface area contributed by atoms with Gasteiger partial charge in [0.15, 0.2) is 0 Å². The van der Waals surface area contributed by atoms with Gasteiger partial charge in [0.05, 0.1) is 0 Å². The maximum absolute atomic E-state index is 5.65. The number of nitrogens with zero attached hydrogens (tertiary/aromatic N) is 2. The van der Waals surface area contributed by atoms with Crippen molar-refractivity contribution in [2.24, 2.45) is 11.1 Å². The number of nitrogens with one attached hydrogen (secondary N) is 1. The van der Waals surface area contributed by atoms with Crippen LogP contribution in [0.2, 0.25) is 0 Å². The Kier molecular flexibility index (Phi) is 4.68. The van der Waals surface area contributed by atoms with Gasteiger partial charge in [-0.15, -0.1) is 0 Å². The van der Waals surface area contributed by atoms with E-state index in [-0.39, 0.29) is 5.41 Å². The molecular weight excluding hydrogens is 200 g/mol. The first-order valence-corrected chi connectivity index (χ1v) is 5.82. The van der Waals surface area contributed by atoms with Crippen molar-refractivity contribution in [2.45, 2.75) is 33.6 Å². The quantitative estimate of drug-likeness (QED) is 0.770. The third-order valence-corrected chi connectivity index (χ3v) is 2.52. The van der Waals surface area contributed by atoms with Crippen molar-refractivity contribution in [1.29, 1.82) is 0 Å². The second-order valence-corrected chi connectivity index (χ2v) is 4.89. The first kappa shape index (κ1) is 12.9. The minimum atomic E-state index is 0.0749. The van der Waals surface area contributed by atoms with Gasteiger partial charge in [-0.1, -0.05) is 27.2 Å². The van der Waals surface area contributed by atoms with Crippen molar-refractivity contribution in [2.75, 3.05) is 18.4 Å². The lowest BCUT2D eigenvalue weighted by Gasteiger charge is -2.22. The Balaban J connectivity index is 2.49. The fourth-order valence-corrected chi connectivity index (χ4v) is 1.25. The highest BCUT2D eigenvalue weighted by Gasteiger charge is 2.15. The summed E-state index contributed by atoms with van der Waals surface area (Å²) in [6.07, 6.45) is 5.92. The van der Waals surface area contributed by atoms with Crippen molar-refractivity contribution in [3.8, 4) is 0 Å². The summed E-state index contributed by atoms with van der Waals surface area (Å²) in [4.78, 5) is 8.54. The van der Waals surface area contributed by atoms with E-state index in [1.807, 2.05) is 12.4 Å². The molecule has 0 amide bonds. The zero-order valence-electron chi connectivity index (χ0n) is 10.5. The lowest BCUT2D eigenvalue weighted by Crippen LogP contribution is -2.31. The van der Waals surface area contributed by atoms with Gasteiger partial charge in [0.25, 0.3) is 0 Å². The van der Waals surface area contributed by atoms with Crippen LogP contribution in [0.4, 0.5) is 5.95 Å². The molecule has 1 heterocycles.